The third-order valence-corrected chi connectivity index (χ3v) is 3.35. The monoisotopic (exact) mass is 355 g/mol. The van der Waals surface area contributed by atoms with Gasteiger partial charge in [0.1, 0.15) is 6.33 Å². The quantitative estimate of drug-likeness (QED) is 0.898. The number of aromatic nitrogens is 2. The summed E-state index contributed by atoms with van der Waals surface area (Å²) in [5, 5.41) is 2.78. The first-order valence-electron chi connectivity index (χ1n) is 4.69. The maximum atomic E-state index is 11.9. The van der Waals surface area contributed by atoms with Crippen molar-refractivity contribution >= 4 is 43.5 Å². The minimum atomic E-state index is -0.252. The molecule has 0 aliphatic rings. The van der Waals surface area contributed by atoms with E-state index in [4.69, 9.17) is 0 Å². The van der Waals surface area contributed by atoms with Gasteiger partial charge in [-0.2, -0.15) is 0 Å². The third-order valence-electron chi connectivity index (χ3n) is 2.02. The first-order valence-corrected chi connectivity index (χ1v) is 6.27. The molecule has 1 aromatic heterocycles. The summed E-state index contributed by atoms with van der Waals surface area (Å²) in [4.78, 5) is 19.5. The normalized spacial score (nSPS) is 10.0. The van der Waals surface area contributed by atoms with Crippen molar-refractivity contribution in [3.8, 4) is 0 Å². The zero-order chi connectivity index (χ0) is 12.3. The molecule has 0 spiro atoms. The van der Waals surface area contributed by atoms with Crippen molar-refractivity contribution in [2.24, 2.45) is 0 Å². The number of hydrogen-bond acceptors (Lipinski definition) is 3. The lowest BCUT2D eigenvalue weighted by atomic mass is 10.3. The van der Waals surface area contributed by atoms with Crippen LogP contribution in [0.3, 0.4) is 0 Å². The molecule has 0 bridgehead atoms. The molecule has 6 heteroatoms. The minimum Gasteiger partial charge on any atom is -0.320 e. The molecule has 86 valence electrons. The highest BCUT2D eigenvalue weighted by Crippen LogP contribution is 2.30. The number of rotatable bonds is 2. The average molecular weight is 357 g/mol. The van der Waals surface area contributed by atoms with Gasteiger partial charge in [0.05, 0.1) is 11.3 Å². The van der Waals surface area contributed by atoms with Crippen LogP contribution in [0.15, 0.2) is 45.9 Å². The van der Waals surface area contributed by atoms with E-state index >= 15 is 0 Å². The fraction of sp³-hybridized carbons (Fsp3) is 0. The Balaban J connectivity index is 2.25. The van der Waals surface area contributed by atoms with Gasteiger partial charge in [0.2, 0.25) is 0 Å². The molecule has 2 aromatic rings. The fourth-order valence-corrected chi connectivity index (χ4v) is 2.42. The summed E-state index contributed by atoms with van der Waals surface area (Å²) in [5.41, 5.74) is 1.09. The highest BCUT2D eigenvalue weighted by atomic mass is 79.9. The number of benzene rings is 1. The summed E-state index contributed by atoms with van der Waals surface area (Å²) < 4.78 is 1.61. The van der Waals surface area contributed by atoms with Crippen molar-refractivity contribution in [3.63, 3.8) is 0 Å². The summed E-state index contributed by atoms with van der Waals surface area (Å²) >= 11 is 6.74. The van der Waals surface area contributed by atoms with Crippen molar-refractivity contribution in [1.29, 1.82) is 0 Å². The van der Waals surface area contributed by atoms with Gasteiger partial charge in [-0.15, -0.1) is 0 Å². The number of para-hydroxylation sites is 1. The Kier molecular flexibility index (Phi) is 3.86. The van der Waals surface area contributed by atoms with Gasteiger partial charge in [-0.3, -0.25) is 4.79 Å². The first kappa shape index (κ1) is 12.2. The summed E-state index contributed by atoms with van der Waals surface area (Å²) in [6.45, 7) is 0. The van der Waals surface area contributed by atoms with Crippen molar-refractivity contribution in [3.05, 3.63) is 51.4 Å². The molecule has 1 N–H and O–H groups in total. The Morgan fingerprint density at radius 1 is 1.12 bits per heavy atom. The van der Waals surface area contributed by atoms with Crippen molar-refractivity contribution in [2.45, 2.75) is 0 Å². The number of nitrogens with zero attached hydrogens (tertiary/aromatic N) is 2. The topological polar surface area (TPSA) is 54.9 Å². The van der Waals surface area contributed by atoms with Crippen LogP contribution in [-0.2, 0) is 0 Å². The first-order chi connectivity index (χ1) is 8.18. The summed E-state index contributed by atoms with van der Waals surface area (Å²) in [7, 11) is 0. The zero-order valence-electron chi connectivity index (χ0n) is 8.52. The van der Waals surface area contributed by atoms with E-state index in [1.807, 2.05) is 18.2 Å². The minimum absolute atomic E-state index is 0.252. The number of amides is 1. The van der Waals surface area contributed by atoms with E-state index in [-0.39, 0.29) is 5.91 Å². The summed E-state index contributed by atoms with van der Waals surface area (Å²) in [6.07, 6.45) is 4.31. The standard InChI is InChI=1S/C11H7Br2N3O/c12-8-2-1-3-9(13)10(8)16-11(17)7-4-14-6-15-5-7/h1-6H,(H,16,17). The van der Waals surface area contributed by atoms with Gasteiger partial charge in [-0.05, 0) is 44.0 Å². The van der Waals surface area contributed by atoms with Gasteiger partial charge in [0, 0.05) is 21.3 Å². The van der Waals surface area contributed by atoms with E-state index in [2.05, 4.69) is 47.1 Å². The van der Waals surface area contributed by atoms with Crippen LogP contribution >= 0.6 is 31.9 Å². The van der Waals surface area contributed by atoms with Crippen LogP contribution in [0.1, 0.15) is 10.4 Å². The molecular formula is C11H7Br2N3O. The second kappa shape index (κ2) is 5.37. The van der Waals surface area contributed by atoms with Crippen LogP contribution in [0.2, 0.25) is 0 Å². The molecule has 0 unspecified atom stereocenters. The maximum Gasteiger partial charge on any atom is 0.258 e. The Hall–Kier alpha value is -1.27. The number of carbonyl (C=O) groups excluding carboxylic acids is 1. The molecule has 0 saturated heterocycles. The number of hydrogen-bond donors (Lipinski definition) is 1. The summed E-state index contributed by atoms with van der Waals surface area (Å²) in [6, 6.07) is 5.57. The lowest BCUT2D eigenvalue weighted by Crippen LogP contribution is -2.13. The van der Waals surface area contributed by atoms with Crippen LogP contribution in [0, 0.1) is 0 Å². The molecule has 1 amide bonds. The van der Waals surface area contributed by atoms with E-state index in [9.17, 15) is 4.79 Å². The van der Waals surface area contributed by atoms with Gasteiger partial charge in [-0.25, -0.2) is 9.97 Å². The van der Waals surface area contributed by atoms with Crippen LogP contribution in [0.25, 0.3) is 0 Å². The maximum absolute atomic E-state index is 11.9. The van der Waals surface area contributed by atoms with E-state index in [1.54, 1.807) is 0 Å². The Bertz CT molecular complexity index is 525. The molecule has 0 aliphatic heterocycles. The molecule has 0 fully saturated rings. The average Bonchev–Trinajstić information content (AvgIpc) is 2.35. The SMILES string of the molecule is O=C(Nc1c(Br)cccc1Br)c1cncnc1. The van der Waals surface area contributed by atoms with Gasteiger partial charge in [0.15, 0.2) is 0 Å². The Morgan fingerprint density at radius 3 is 2.29 bits per heavy atom. The Labute approximate surface area is 115 Å². The second-order valence-corrected chi connectivity index (χ2v) is 4.89. The number of carbonyl (C=O) groups is 1. The molecule has 17 heavy (non-hydrogen) atoms. The van der Waals surface area contributed by atoms with E-state index in [1.165, 1.54) is 18.7 Å². The van der Waals surface area contributed by atoms with Gasteiger partial charge >= 0.3 is 0 Å². The molecule has 1 heterocycles. The van der Waals surface area contributed by atoms with Gasteiger partial charge in [0.25, 0.3) is 5.91 Å². The van der Waals surface area contributed by atoms with E-state index < -0.39 is 0 Å². The second-order valence-electron chi connectivity index (χ2n) is 3.18. The number of anilines is 1. The molecule has 0 aliphatic carbocycles. The molecule has 0 atom stereocenters. The lowest BCUT2D eigenvalue weighted by molar-refractivity contribution is 0.102. The highest BCUT2D eigenvalue weighted by Gasteiger charge is 2.10. The van der Waals surface area contributed by atoms with E-state index in [0.29, 0.717) is 11.3 Å². The van der Waals surface area contributed by atoms with Crippen LogP contribution in [0.4, 0.5) is 5.69 Å². The predicted molar refractivity (Wildman–Crippen MR) is 71.8 cm³/mol. The molecule has 0 radical (unpaired) electrons. The fourth-order valence-electron chi connectivity index (χ4n) is 1.22. The summed E-state index contributed by atoms with van der Waals surface area (Å²) in [5.74, 6) is -0.252. The van der Waals surface area contributed by atoms with Crippen molar-refractivity contribution in [2.75, 3.05) is 5.32 Å². The number of halogens is 2. The van der Waals surface area contributed by atoms with Crippen LogP contribution in [0.5, 0.6) is 0 Å². The predicted octanol–water partition coefficient (Wildman–Crippen LogP) is 3.25. The van der Waals surface area contributed by atoms with Crippen LogP contribution < -0.4 is 5.32 Å². The number of nitrogens with one attached hydrogen (secondary N) is 1. The van der Waals surface area contributed by atoms with Crippen molar-refractivity contribution in [1.82, 2.24) is 9.97 Å². The van der Waals surface area contributed by atoms with Crippen molar-refractivity contribution < 1.29 is 4.79 Å². The molecule has 2 rings (SSSR count). The van der Waals surface area contributed by atoms with Gasteiger partial charge in [-0.1, -0.05) is 6.07 Å². The van der Waals surface area contributed by atoms with Crippen LogP contribution in [-0.4, -0.2) is 15.9 Å². The smallest absolute Gasteiger partial charge is 0.258 e. The molecular weight excluding hydrogens is 350 g/mol. The molecule has 4 nitrogen and oxygen atoms in total. The third kappa shape index (κ3) is 2.89. The van der Waals surface area contributed by atoms with Gasteiger partial charge < -0.3 is 5.32 Å². The molecule has 0 saturated carbocycles. The lowest BCUT2D eigenvalue weighted by Gasteiger charge is -2.08. The highest BCUT2D eigenvalue weighted by molar-refractivity contribution is 9.11. The largest absolute Gasteiger partial charge is 0.320 e. The molecule has 1 aromatic carbocycles. The van der Waals surface area contributed by atoms with E-state index in [0.717, 1.165) is 8.95 Å². The zero-order valence-corrected chi connectivity index (χ0v) is 11.7. The Morgan fingerprint density at radius 2 is 1.71 bits per heavy atom.